The molecule has 0 aromatic heterocycles. The van der Waals surface area contributed by atoms with Gasteiger partial charge in [0.05, 0.1) is 5.60 Å². The van der Waals surface area contributed by atoms with Crippen molar-refractivity contribution >= 4 is 0 Å². The summed E-state index contributed by atoms with van der Waals surface area (Å²) in [5.74, 6) is 0. The molecular weight excluding hydrogens is 186 g/mol. The predicted molar refractivity (Wildman–Crippen MR) is 62.8 cm³/mol. The van der Waals surface area contributed by atoms with Crippen LogP contribution in [0.25, 0.3) is 0 Å². The lowest BCUT2D eigenvalue weighted by atomic mass is 9.61. The van der Waals surface area contributed by atoms with E-state index in [1.54, 1.807) is 0 Å². The van der Waals surface area contributed by atoms with Gasteiger partial charge in [-0.2, -0.15) is 0 Å². The first-order valence-corrected chi connectivity index (χ1v) is 6.52. The van der Waals surface area contributed by atoms with E-state index in [0.717, 1.165) is 19.4 Å². The molecule has 0 spiro atoms. The predicted octanol–water partition coefficient (Wildman–Crippen LogP) is 2.46. The van der Waals surface area contributed by atoms with Crippen molar-refractivity contribution in [2.75, 3.05) is 6.54 Å². The molecule has 0 aromatic carbocycles. The molecule has 2 fully saturated rings. The zero-order valence-corrected chi connectivity index (χ0v) is 10.2. The Morgan fingerprint density at radius 1 is 1.07 bits per heavy atom. The molecule has 2 heteroatoms. The van der Waals surface area contributed by atoms with Crippen LogP contribution in [0.3, 0.4) is 0 Å². The zero-order valence-electron chi connectivity index (χ0n) is 10.2. The van der Waals surface area contributed by atoms with Gasteiger partial charge in [-0.1, -0.05) is 33.1 Å². The Hall–Kier alpha value is -0.0800. The fourth-order valence-corrected chi connectivity index (χ4v) is 3.42. The van der Waals surface area contributed by atoms with Crippen LogP contribution in [0.2, 0.25) is 0 Å². The summed E-state index contributed by atoms with van der Waals surface area (Å²) < 4.78 is 0. The monoisotopic (exact) mass is 211 g/mol. The van der Waals surface area contributed by atoms with Crippen molar-refractivity contribution in [1.29, 1.82) is 0 Å². The standard InChI is InChI=1S/C13H25NO/c1-12(2)8-4-5-9-13(12,15)11-7-3-6-10-14-11/h11,14-15H,3-10H2,1-2H3. The van der Waals surface area contributed by atoms with E-state index in [1.807, 2.05) is 0 Å². The van der Waals surface area contributed by atoms with Gasteiger partial charge in [-0.3, -0.25) is 0 Å². The minimum absolute atomic E-state index is 0.0836. The van der Waals surface area contributed by atoms with Gasteiger partial charge in [-0.25, -0.2) is 0 Å². The molecule has 2 atom stereocenters. The number of piperidine rings is 1. The minimum atomic E-state index is -0.467. The first-order chi connectivity index (χ1) is 7.06. The van der Waals surface area contributed by atoms with Crippen LogP contribution in [-0.4, -0.2) is 23.3 Å². The van der Waals surface area contributed by atoms with Gasteiger partial charge in [0, 0.05) is 6.04 Å². The highest BCUT2D eigenvalue weighted by Gasteiger charge is 2.50. The van der Waals surface area contributed by atoms with Crippen LogP contribution < -0.4 is 5.32 Å². The minimum Gasteiger partial charge on any atom is -0.388 e. The highest BCUT2D eigenvalue weighted by atomic mass is 16.3. The lowest BCUT2D eigenvalue weighted by molar-refractivity contribution is -0.126. The van der Waals surface area contributed by atoms with Crippen molar-refractivity contribution in [3.05, 3.63) is 0 Å². The van der Waals surface area contributed by atoms with E-state index < -0.39 is 5.60 Å². The SMILES string of the molecule is CC1(C)CCCCC1(O)C1CCCCN1. The molecule has 2 rings (SSSR count). The molecule has 1 aliphatic heterocycles. The third kappa shape index (κ3) is 1.94. The normalized spacial score (nSPS) is 41.4. The maximum absolute atomic E-state index is 11.0. The lowest BCUT2D eigenvalue weighted by Gasteiger charge is -2.52. The number of hydrogen-bond acceptors (Lipinski definition) is 2. The van der Waals surface area contributed by atoms with E-state index in [-0.39, 0.29) is 5.41 Å². The van der Waals surface area contributed by atoms with Gasteiger partial charge in [0.15, 0.2) is 0 Å². The quantitative estimate of drug-likeness (QED) is 0.698. The Morgan fingerprint density at radius 2 is 1.80 bits per heavy atom. The lowest BCUT2D eigenvalue weighted by Crippen LogP contribution is -2.61. The number of aliphatic hydroxyl groups is 1. The topological polar surface area (TPSA) is 32.3 Å². The summed E-state index contributed by atoms with van der Waals surface area (Å²) in [5.41, 5.74) is -0.383. The van der Waals surface area contributed by atoms with E-state index in [2.05, 4.69) is 19.2 Å². The van der Waals surface area contributed by atoms with Crippen molar-refractivity contribution < 1.29 is 5.11 Å². The summed E-state index contributed by atoms with van der Waals surface area (Å²) in [6.45, 7) is 5.56. The highest BCUT2D eigenvalue weighted by molar-refractivity contribution is 5.04. The van der Waals surface area contributed by atoms with Gasteiger partial charge in [0.25, 0.3) is 0 Å². The smallest absolute Gasteiger partial charge is 0.0850 e. The summed E-state index contributed by atoms with van der Waals surface area (Å²) >= 11 is 0. The molecule has 1 saturated heterocycles. The van der Waals surface area contributed by atoms with Crippen LogP contribution in [0.15, 0.2) is 0 Å². The van der Waals surface area contributed by atoms with Crippen LogP contribution in [0.4, 0.5) is 0 Å². The second-order valence-corrected chi connectivity index (χ2v) is 6.02. The van der Waals surface area contributed by atoms with E-state index in [9.17, 15) is 5.11 Å². The van der Waals surface area contributed by atoms with E-state index in [1.165, 1.54) is 32.1 Å². The number of rotatable bonds is 1. The molecule has 1 saturated carbocycles. The number of hydrogen-bond donors (Lipinski definition) is 2. The molecule has 0 aromatic rings. The average molecular weight is 211 g/mol. The summed E-state index contributed by atoms with van der Waals surface area (Å²) in [7, 11) is 0. The van der Waals surface area contributed by atoms with Gasteiger partial charge in [-0.05, 0) is 37.6 Å². The molecule has 2 N–H and O–H groups in total. The van der Waals surface area contributed by atoms with E-state index >= 15 is 0 Å². The molecule has 1 heterocycles. The Balaban J connectivity index is 2.14. The van der Waals surface area contributed by atoms with Crippen molar-refractivity contribution in [3.8, 4) is 0 Å². The Morgan fingerprint density at radius 3 is 2.40 bits per heavy atom. The van der Waals surface area contributed by atoms with Crippen LogP contribution in [0, 0.1) is 5.41 Å². The Labute approximate surface area is 93.5 Å². The van der Waals surface area contributed by atoms with Crippen LogP contribution >= 0.6 is 0 Å². The van der Waals surface area contributed by atoms with Crippen molar-refractivity contribution in [3.63, 3.8) is 0 Å². The first-order valence-electron chi connectivity index (χ1n) is 6.52. The third-order valence-corrected chi connectivity index (χ3v) is 4.67. The second-order valence-electron chi connectivity index (χ2n) is 6.02. The van der Waals surface area contributed by atoms with Crippen molar-refractivity contribution in [1.82, 2.24) is 5.32 Å². The van der Waals surface area contributed by atoms with Gasteiger partial charge in [-0.15, -0.1) is 0 Å². The zero-order chi connectivity index (χ0) is 10.9. The molecule has 88 valence electrons. The molecule has 0 amide bonds. The summed E-state index contributed by atoms with van der Waals surface area (Å²) in [4.78, 5) is 0. The van der Waals surface area contributed by atoms with Crippen LogP contribution in [0.5, 0.6) is 0 Å². The average Bonchev–Trinajstić information content (AvgIpc) is 2.24. The fourth-order valence-electron chi connectivity index (χ4n) is 3.42. The highest BCUT2D eigenvalue weighted by Crippen LogP contribution is 2.47. The van der Waals surface area contributed by atoms with Gasteiger partial charge in [0.2, 0.25) is 0 Å². The van der Waals surface area contributed by atoms with E-state index in [4.69, 9.17) is 0 Å². The van der Waals surface area contributed by atoms with Crippen molar-refractivity contribution in [2.45, 2.75) is 70.4 Å². The summed E-state index contributed by atoms with van der Waals surface area (Å²) in [5, 5.41) is 14.5. The maximum Gasteiger partial charge on any atom is 0.0850 e. The number of nitrogens with one attached hydrogen (secondary N) is 1. The molecular formula is C13H25NO. The third-order valence-electron chi connectivity index (χ3n) is 4.67. The molecule has 2 unspecified atom stereocenters. The van der Waals surface area contributed by atoms with Crippen molar-refractivity contribution in [2.24, 2.45) is 5.41 Å². The second kappa shape index (κ2) is 4.06. The van der Waals surface area contributed by atoms with E-state index in [0.29, 0.717) is 6.04 Å². The van der Waals surface area contributed by atoms with Gasteiger partial charge in [0.1, 0.15) is 0 Å². The molecule has 0 bridgehead atoms. The Bertz CT molecular complexity index is 221. The molecule has 2 aliphatic rings. The molecule has 0 radical (unpaired) electrons. The maximum atomic E-state index is 11.0. The van der Waals surface area contributed by atoms with Gasteiger partial charge >= 0.3 is 0 Å². The summed E-state index contributed by atoms with van der Waals surface area (Å²) in [6, 6.07) is 0.335. The molecule has 15 heavy (non-hydrogen) atoms. The van der Waals surface area contributed by atoms with Crippen LogP contribution in [-0.2, 0) is 0 Å². The van der Waals surface area contributed by atoms with Gasteiger partial charge < -0.3 is 10.4 Å². The summed E-state index contributed by atoms with van der Waals surface area (Å²) in [6.07, 6.45) is 8.32. The fraction of sp³-hybridized carbons (Fsp3) is 1.00. The molecule has 2 nitrogen and oxygen atoms in total. The first kappa shape index (κ1) is 11.4. The van der Waals surface area contributed by atoms with Crippen LogP contribution in [0.1, 0.15) is 58.8 Å². The Kier molecular flexibility index (Phi) is 3.09. The molecule has 1 aliphatic carbocycles. The largest absolute Gasteiger partial charge is 0.388 e.